The molecule has 10 heteroatoms. The molecule has 4 aromatic heterocycles. The standard InChI is InChI=1S/C48H56N2O6S2/c1-5-7-9-11-13-15-29-55-35-25-21-33(22-26-35)39-41(47(51)53-3)45(49-43(39)37-19-17-31-57-37)46-42(48(52)54-4)40(44(50-46)38-20-18-32-58-38)34-23-27-36(28-24-34)56-30-16-14-12-10-8-6-2/h17-28,31-32,49-50H,5-16,29-30H2,1-4H3. The predicted molar refractivity (Wildman–Crippen MR) is 238 cm³/mol. The third-order valence-corrected chi connectivity index (χ3v) is 12.2. The summed E-state index contributed by atoms with van der Waals surface area (Å²) in [6, 6.07) is 23.7. The molecule has 0 fully saturated rings. The molecular weight excluding hydrogens is 765 g/mol. The van der Waals surface area contributed by atoms with Crippen LogP contribution in [0.25, 0.3) is 54.8 Å². The highest BCUT2D eigenvalue weighted by molar-refractivity contribution is 7.13. The smallest absolute Gasteiger partial charge is 0.340 e. The van der Waals surface area contributed by atoms with Gasteiger partial charge >= 0.3 is 11.9 Å². The van der Waals surface area contributed by atoms with E-state index in [2.05, 4.69) is 23.8 Å². The fourth-order valence-electron chi connectivity index (χ4n) is 7.36. The average molecular weight is 821 g/mol. The Balaban J connectivity index is 1.41. The first kappa shape index (κ1) is 42.5. The van der Waals surface area contributed by atoms with E-state index in [9.17, 15) is 9.59 Å². The maximum Gasteiger partial charge on any atom is 0.340 e. The van der Waals surface area contributed by atoms with Crippen molar-refractivity contribution in [3.63, 3.8) is 0 Å². The van der Waals surface area contributed by atoms with Gasteiger partial charge in [0.2, 0.25) is 0 Å². The van der Waals surface area contributed by atoms with Crippen LogP contribution in [0.4, 0.5) is 0 Å². The molecule has 0 saturated heterocycles. The van der Waals surface area contributed by atoms with E-state index in [1.54, 1.807) is 22.7 Å². The molecule has 2 aromatic carbocycles. The third-order valence-electron chi connectivity index (χ3n) is 10.4. The van der Waals surface area contributed by atoms with Gasteiger partial charge in [-0.1, -0.05) is 114 Å². The van der Waals surface area contributed by atoms with Gasteiger partial charge in [0.05, 0.1) is 71.1 Å². The van der Waals surface area contributed by atoms with Crippen LogP contribution >= 0.6 is 22.7 Å². The van der Waals surface area contributed by atoms with Crippen LogP contribution in [0.1, 0.15) is 112 Å². The van der Waals surface area contributed by atoms with Gasteiger partial charge in [-0.25, -0.2) is 9.59 Å². The number of ether oxygens (including phenoxy) is 4. The van der Waals surface area contributed by atoms with Crippen LogP contribution in [0, 0.1) is 0 Å². The lowest BCUT2D eigenvalue weighted by Crippen LogP contribution is -2.07. The second-order valence-corrected chi connectivity index (χ2v) is 16.4. The normalized spacial score (nSPS) is 11.2. The number of benzene rings is 2. The second-order valence-electron chi connectivity index (χ2n) is 14.5. The number of unbranched alkanes of at least 4 members (excludes halogenated alkanes) is 10. The minimum Gasteiger partial charge on any atom is -0.494 e. The maximum atomic E-state index is 14.1. The van der Waals surface area contributed by atoms with Crippen LogP contribution in [0.15, 0.2) is 83.6 Å². The average Bonchev–Trinajstić information content (AvgIpc) is 4.09. The van der Waals surface area contributed by atoms with Gasteiger partial charge in [-0.05, 0) is 71.1 Å². The monoisotopic (exact) mass is 820 g/mol. The lowest BCUT2D eigenvalue weighted by molar-refractivity contribution is 0.0591. The van der Waals surface area contributed by atoms with Gasteiger partial charge in [0.25, 0.3) is 0 Å². The van der Waals surface area contributed by atoms with Crippen LogP contribution in [-0.2, 0) is 9.47 Å². The Kier molecular flexibility index (Phi) is 15.9. The Morgan fingerprint density at radius 3 is 1.22 bits per heavy atom. The van der Waals surface area contributed by atoms with Crippen LogP contribution < -0.4 is 9.47 Å². The first-order valence-electron chi connectivity index (χ1n) is 20.7. The summed E-state index contributed by atoms with van der Waals surface area (Å²) in [5.41, 5.74) is 5.90. The summed E-state index contributed by atoms with van der Waals surface area (Å²) in [7, 11) is 2.75. The molecule has 0 aliphatic heterocycles. The zero-order valence-electron chi connectivity index (χ0n) is 34.2. The number of aromatic amines is 2. The molecule has 58 heavy (non-hydrogen) atoms. The summed E-state index contributed by atoms with van der Waals surface area (Å²) in [5.74, 6) is 0.464. The largest absolute Gasteiger partial charge is 0.494 e. The molecule has 2 N–H and O–H groups in total. The summed E-state index contributed by atoms with van der Waals surface area (Å²) in [4.78, 5) is 37.2. The molecule has 4 heterocycles. The Bertz CT molecular complexity index is 2010. The Hall–Kier alpha value is -5.06. The minimum atomic E-state index is -0.538. The van der Waals surface area contributed by atoms with Crippen molar-refractivity contribution in [3.05, 3.63) is 94.7 Å². The summed E-state index contributed by atoms with van der Waals surface area (Å²) in [5, 5.41) is 4.00. The van der Waals surface area contributed by atoms with E-state index < -0.39 is 11.9 Å². The van der Waals surface area contributed by atoms with Crippen molar-refractivity contribution >= 4 is 34.6 Å². The molecule has 306 valence electrons. The van der Waals surface area contributed by atoms with E-state index in [1.165, 1.54) is 65.6 Å². The quantitative estimate of drug-likeness (QED) is 0.0493. The molecule has 0 unspecified atom stereocenters. The van der Waals surface area contributed by atoms with E-state index in [1.807, 2.05) is 83.6 Å². The molecule has 0 amide bonds. The SMILES string of the molecule is CCCCCCCCOc1ccc(-c2c(-c3cccs3)[nH]c(-c3[nH]c(-c4cccs4)c(-c4ccc(OCCCCCCCC)cc4)c3C(=O)OC)c2C(=O)OC)cc1. The summed E-state index contributed by atoms with van der Waals surface area (Å²) < 4.78 is 23.2. The van der Waals surface area contributed by atoms with Gasteiger partial charge in [-0.15, -0.1) is 22.7 Å². The van der Waals surface area contributed by atoms with Gasteiger partial charge in [-0.3, -0.25) is 0 Å². The molecule has 6 aromatic rings. The summed E-state index contributed by atoms with van der Waals surface area (Å²) >= 11 is 3.11. The number of methoxy groups -OCH3 is 2. The third kappa shape index (κ3) is 10.3. The van der Waals surface area contributed by atoms with E-state index in [0.717, 1.165) is 69.5 Å². The van der Waals surface area contributed by atoms with Crippen LogP contribution in [0.2, 0.25) is 0 Å². The summed E-state index contributed by atoms with van der Waals surface area (Å²) in [6.07, 6.45) is 14.3. The molecule has 0 aliphatic carbocycles. The number of hydrogen-bond donors (Lipinski definition) is 2. The number of H-pyrrole nitrogens is 2. The Morgan fingerprint density at radius 1 is 0.500 bits per heavy atom. The first-order valence-corrected chi connectivity index (χ1v) is 22.5. The summed E-state index contributed by atoms with van der Waals surface area (Å²) in [6.45, 7) is 5.76. The molecule has 8 nitrogen and oxygen atoms in total. The number of carbonyl (C=O) groups excluding carboxylic acids is 2. The number of aromatic nitrogens is 2. The Labute approximate surface area is 350 Å². The van der Waals surface area contributed by atoms with Crippen molar-refractivity contribution in [1.29, 1.82) is 0 Å². The highest BCUT2D eigenvalue weighted by atomic mass is 32.1. The fraction of sp³-hybridized carbons (Fsp3) is 0.375. The van der Waals surface area contributed by atoms with Crippen molar-refractivity contribution < 1.29 is 28.5 Å². The molecular formula is C48H56N2O6S2. The zero-order chi connectivity index (χ0) is 40.7. The molecule has 0 bridgehead atoms. The molecule has 0 saturated carbocycles. The van der Waals surface area contributed by atoms with Crippen LogP contribution in [-0.4, -0.2) is 49.3 Å². The van der Waals surface area contributed by atoms with Crippen LogP contribution in [0.3, 0.4) is 0 Å². The van der Waals surface area contributed by atoms with Gasteiger partial charge in [-0.2, -0.15) is 0 Å². The maximum absolute atomic E-state index is 14.1. The van der Waals surface area contributed by atoms with Crippen LogP contribution in [0.5, 0.6) is 11.5 Å². The van der Waals surface area contributed by atoms with E-state index >= 15 is 0 Å². The number of rotatable bonds is 23. The van der Waals surface area contributed by atoms with Gasteiger partial charge in [0, 0.05) is 11.1 Å². The lowest BCUT2D eigenvalue weighted by atomic mass is 9.95. The lowest BCUT2D eigenvalue weighted by Gasteiger charge is -2.11. The number of hydrogen-bond acceptors (Lipinski definition) is 8. The van der Waals surface area contributed by atoms with Gasteiger partial charge in [0.1, 0.15) is 11.5 Å². The predicted octanol–water partition coefficient (Wildman–Crippen LogP) is 13.9. The topological polar surface area (TPSA) is 103 Å². The minimum absolute atomic E-state index is 0.306. The van der Waals surface area contributed by atoms with E-state index in [4.69, 9.17) is 18.9 Å². The highest BCUT2D eigenvalue weighted by Crippen LogP contribution is 2.47. The van der Waals surface area contributed by atoms with Crippen molar-refractivity contribution in [2.45, 2.75) is 90.9 Å². The number of thiophene rings is 2. The molecule has 0 aliphatic rings. The first-order chi connectivity index (χ1) is 28.5. The van der Waals surface area contributed by atoms with E-state index in [0.29, 0.717) is 46.9 Å². The van der Waals surface area contributed by atoms with E-state index in [-0.39, 0.29) is 0 Å². The highest BCUT2D eigenvalue weighted by Gasteiger charge is 2.34. The number of nitrogens with one attached hydrogen (secondary N) is 2. The van der Waals surface area contributed by atoms with Crippen molar-refractivity contribution in [1.82, 2.24) is 9.97 Å². The van der Waals surface area contributed by atoms with Crippen molar-refractivity contribution in [2.24, 2.45) is 0 Å². The molecule has 0 atom stereocenters. The second kappa shape index (κ2) is 21.6. The molecule has 0 spiro atoms. The van der Waals surface area contributed by atoms with Crippen molar-refractivity contribution in [2.75, 3.05) is 27.4 Å². The number of carbonyl (C=O) groups is 2. The van der Waals surface area contributed by atoms with Crippen molar-refractivity contribution in [3.8, 4) is 66.3 Å². The molecule has 0 radical (unpaired) electrons. The zero-order valence-corrected chi connectivity index (χ0v) is 35.9. The van der Waals surface area contributed by atoms with Gasteiger partial charge in [0.15, 0.2) is 0 Å². The Morgan fingerprint density at radius 2 is 0.879 bits per heavy atom. The molecule has 6 rings (SSSR count). The number of esters is 2. The fourth-order valence-corrected chi connectivity index (χ4v) is 8.82. The van der Waals surface area contributed by atoms with Gasteiger partial charge < -0.3 is 28.9 Å².